The van der Waals surface area contributed by atoms with Gasteiger partial charge in [0.1, 0.15) is 7.05 Å². The average molecular weight is 600 g/mol. The predicted molar refractivity (Wildman–Crippen MR) is 196 cm³/mol. The third kappa shape index (κ3) is 4.84. The molecule has 0 spiro atoms. The molecule has 5 aromatic rings. The Bertz CT molecular complexity index is 1990. The standard InChI is InChI=1S/C44H43N2/c1-6-28-43(3)37-29-32(2)24-26-38(37)45(4)40(43)22-15-23-41-44(30-33-16-9-7-10-17-33,31-34-18-11-8-12-19-34)42-36-21-14-13-20-35(36)25-27-39(42)46(41)5/h6-27,29H,1,28,30-31H2,2-5H3/q+1. The summed E-state index contributed by atoms with van der Waals surface area (Å²) in [4.78, 5) is 2.37. The first kappa shape index (κ1) is 29.7. The maximum absolute atomic E-state index is 4.15. The molecule has 0 N–H and O–H groups in total. The topological polar surface area (TPSA) is 6.25 Å². The van der Waals surface area contributed by atoms with Gasteiger partial charge in [-0.05, 0) is 78.8 Å². The van der Waals surface area contributed by atoms with Gasteiger partial charge in [0.05, 0.1) is 5.41 Å². The summed E-state index contributed by atoms with van der Waals surface area (Å²) in [5.74, 6) is 0. The van der Waals surface area contributed by atoms with Crippen LogP contribution < -0.4 is 4.90 Å². The van der Waals surface area contributed by atoms with Crippen LogP contribution in [0.3, 0.4) is 0 Å². The molecule has 2 nitrogen and oxygen atoms in total. The molecule has 0 radical (unpaired) electrons. The lowest BCUT2D eigenvalue weighted by molar-refractivity contribution is -0.401. The van der Waals surface area contributed by atoms with Crippen molar-refractivity contribution in [1.29, 1.82) is 0 Å². The first-order chi connectivity index (χ1) is 22.4. The van der Waals surface area contributed by atoms with Crippen LogP contribution in [0.4, 0.5) is 11.4 Å². The molecule has 2 aliphatic rings. The largest absolute Gasteiger partial charge is 0.347 e. The molecule has 2 aliphatic heterocycles. The number of likely N-dealkylation sites (N-methyl/N-ethyl adjacent to an activating group) is 1. The number of hydrogen-bond donors (Lipinski definition) is 0. The maximum atomic E-state index is 4.15. The summed E-state index contributed by atoms with van der Waals surface area (Å²) in [5, 5.41) is 2.62. The van der Waals surface area contributed by atoms with Gasteiger partial charge in [0.2, 0.25) is 5.69 Å². The highest BCUT2D eigenvalue weighted by molar-refractivity contribution is 6.08. The summed E-state index contributed by atoms with van der Waals surface area (Å²) in [5.41, 5.74) is 11.6. The molecule has 0 aromatic heterocycles. The molecule has 0 aliphatic carbocycles. The van der Waals surface area contributed by atoms with Crippen LogP contribution in [0.15, 0.2) is 152 Å². The molecule has 7 rings (SSSR count). The molecule has 0 saturated heterocycles. The van der Waals surface area contributed by atoms with E-state index in [1.165, 1.54) is 61.4 Å². The normalized spacial score (nSPS) is 19.3. The van der Waals surface area contributed by atoms with Gasteiger partial charge >= 0.3 is 0 Å². The summed E-state index contributed by atoms with van der Waals surface area (Å²) in [6.07, 6.45) is 11.8. The Kier molecular flexibility index (Phi) is 7.61. The first-order valence-corrected chi connectivity index (χ1v) is 16.4. The average Bonchev–Trinajstić information content (AvgIpc) is 3.41. The van der Waals surface area contributed by atoms with Crippen molar-refractivity contribution in [3.8, 4) is 0 Å². The van der Waals surface area contributed by atoms with Crippen LogP contribution >= 0.6 is 0 Å². The molecular weight excluding hydrogens is 556 g/mol. The Morgan fingerprint density at radius 3 is 2.13 bits per heavy atom. The number of rotatable bonds is 8. The minimum atomic E-state index is -0.269. The lowest BCUT2D eigenvalue weighted by atomic mass is 9.67. The fraction of sp³-hybridized carbons (Fsp3) is 0.205. The van der Waals surface area contributed by atoms with Crippen molar-refractivity contribution in [3.63, 3.8) is 0 Å². The minimum Gasteiger partial charge on any atom is -0.347 e. The second kappa shape index (κ2) is 11.8. The quantitative estimate of drug-likeness (QED) is 0.127. The van der Waals surface area contributed by atoms with Crippen molar-refractivity contribution in [2.75, 3.05) is 19.0 Å². The van der Waals surface area contributed by atoms with E-state index in [0.717, 1.165) is 19.3 Å². The molecule has 0 fully saturated rings. The van der Waals surface area contributed by atoms with E-state index in [0.29, 0.717) is 0 Å². The Hall–Kier alpha value is -4.95. The molecule has 2 heterocycles. The third-order valence-corrected chi connectivity index (χ3v) is 10.4. The van der Waals surface area contributed by atoms with E-state index in [4.69, 9.17) is 0 Å². The van der Waals surface area contributed by atoms with Gasteiger partial charge in [-0.2, -0.15) is 4.58 Å². The SMILES string of the molecule is C=CCC1(C)/C(=C\C=C\C2=[N+](C)c3ccc4ccccc4c3C2(Cc2ccccc2)Cc2ccccc2)N(C)c2ccc(C)cc21. The first-order valence-electron chi connectivity index (χ1n) is 16.4. The van der Waals surface area contributed by atoms with Gasteiger partial charge < -0.3 is 4.90 Å². The number of benzene rings is 5. The molecular formula is C44H43N2+. The van der Waals surface area contributed by atoms with E-state index in [1.807, 2.05) is 0 Å². The van der Waals surface area contributed by atoms with Gasteiger partial charge in [-0.15, -0.1) is 6.58 Å². The molecule has 1 unspecified atom stereocenters. The van der Waals surface area contributed by atoms with Crippen LogP contribution in [0, 0.1) is 6.92 Å². The van der Waals surface area contributed by atoms with E-state index in [2.05, 4.69) is 184 Å². The Morgan fingerprint density at radius 2 is 1.46 bits per heavy atom. The highest BCUT2D eigenvalue weighted by Crippen LogP contribution is 2.50. The molecule has 2 heteroatoms. The zero-order valence-electron chi connectivity index (χ0n) is 27.5. The molecule has 5 aromatic carbocycles. The van der Waals surface area contributed by atoms with Crippen molar-refractivity contribution in [1.82, 2.24) is 0 Å². The monoisotopic (exact) mass is 599 g/mol. The lowest BCUT2D eigenvalue weighted by Gasteiger charge is -2.29. The fourth-order valence-corrected chi connectivity index (χ4v) is 8.25. The summed E-state index contributed by atoms with van der Waals surface area (Å²) >= 11 is 0. The van der Waals surface area contributed by atoms with Crippen LogP contribution in [-0.2, 0) is 23.7 Å². The second-order valence-electron chi connectivity index (χ2n) is 13.3. The highest BCUT2D eigenvalue weighted by Gasteiger charge is 2.51. The van der Waals surface area contributed by atoms with Gasteiger partial charge in [-0.3, -0.25) is 0 Å². The summed E-state index contributed by atoms with van der Waals surface area (Å²) < 4.78 is 2.45. The summed E-state index contributed by atoms with van der Waals surface area (Å²) in [7, 11) is 4.45. The number of allylic oxidation sites excluding steroid dienone is 5. The number of fused-ring (bicyclic) bond motifs is 4. The van der Waals surface area contributed by atoms with Gasteiger partial charge in [0, 0.05) is 41.6 Å². The van der Waals surface area contributed by atoms with E-state index in [1.54, 1.807) is 0 Å². The summed E-state index contributed by atoms with van der Waals surface area (Å²) in [6, 6.07) is 42.4. The van der Waals surface area contributed by atoms with Crippen LogP contribution in [-0.4, -0.2) is 24.4 Å². The second-order valence-corrected chi connectivity index (χ2v) is 13.3. The number of aryl methyl sites for hydroxylation is 1. The van der Waals surface area contributed by atoms with E-state index in [9.17, 15) is 0 Å². The Balaban J connectivity index is 1.42. The molecule has 46 heavy (non-hydrogen) atoms. The molecule has 1 atom stereocenters. The van der Waals surface area contributed by atoms with Crippen molar-refractivity contribution >= 4 is 27.9 Å². The van der Waals surface area contributed by atoms with Crippen LogP contribution in [0.2, 0.25) is 0 Å². The van der Waals surface area contributed by atoms with Gasteiger partial charge in [0.25, 0.3) is 0 Å². The Morgan fingerprint density at radius 1 is 0.804 bits per heavy atom. The lowest BCUT2D eigenvalue weighted by Crippen LogP contribution is -2.39. The summed E-state index contributed by atoms with van der Waals surface area (Å²) in [6.45, 7) is 8.70. The zero-order chi connectivity index (χ0) is 31.9. The van der Waals surface area contributed by atoms with Crippen LogP contribution in [0.1, 0.15) is 41.2 Å². The van der Waals surface area contributed by atoms with Crippen LogP contribution in [0.25, 0.3) is 10.8 Å². The molecule has 0 bridgehead atoms. The van der Waals surface area contributed by atoms with E-state index >= 15 is 0 Å². The van der Waals surface area contributed by atoms with Crippen molar-refractivity contribution in [2.24, 2.45) is 0 Å². The van der Waals surface area contributed by atoms with Gasteiger partial charge in [-0.25, -0.2) is 0 Å². The Labute approximate surface area is 274 Å². The van der Waals surface area contributed by atoms with Crippen molar-refractivity contribution < 1.29 is 4.58 Å². The van der Waals surface area contributed by atoms with Crippen molar-refractivity contribution in [2.45, 2.75) is 43.9 Å². The smallest absolute Gasteiger partial charge is 0.210 e. The predicted octanol–water partition coefficient (Wildman–Crippen LogP) is 10.0. The van der Waals surface area contributed by atoms with Gasteiger partial charge in [0.15, 0.2) is 5.71 Å². The van der Waals surface area contributed by atoms with E-state index in [-0.39, 0.29) is 10.8 Å². The van der Waals surface area contributed by atoms with Crippen LogP contribution in [0.5, 0.6) is 0 Å². The fourth-order valence-electron chi connectivity index (χ4n) is 8.25. The number of anilines is 1. The van der Waals surface area contributed by atoms with Crippen molar-refractivity contribution in [3.05, 3.63) is 180 Å². The molecule has 228 valence electrons. The minimum absolute atomic E-state index is 0.140. The number of hydrogen-bond acceptors (Lipinski definition) is 1. The van der Waals surface area contributed by atoms with E-state index < -0.39 is 0 Å². The maximum Gasteiger partial charge on any atom is 0.210 e. The highest BCUT2D eigenvalue weighted by atomic mass is 15.2. The third-order valence-electron chi connectivity index (χ3n) is 10.4. The zero-order valence-corrected chi connectivity index (χ0v) is 27.5. The molecule has 0 saturated carbocycles. The van der Waals surface area contributed by atoms with Gasteiger partial charge in [-0.1, -0.05) is 115 Å². The molecule has 0 amide bonds. The number of nitrogens with zero attached hydrogens (tertiary/aromatic N) is 2.